The van der Waals surface area contributed by atoms with Gasteiger partial charge in [0.1, 0.15) is 5.75 Å². The molecule has 6 heteroatoms. The van der Waals surface area contributed by atoms with Gasteiger partial charge in [-0.15, -0.1) is 13.2 Å². The van der Waals surface area contributed by atoms with E-state index in [2.05, 4.69) is 4.74 Å². The van der Waals surface area contributed by atoms with Crippen LogP contribution >= 0.6 is 0 Å². The van der Waals surface area contributed by atoms with E-state index in [4.69, 9.17) is 10.2 Å². The van der Waals surface area contributed by atoms with Gasteiger partial charge in [0.15, 0.2) is 0 Å². The second-order valence-electron chi connectivity index (χ2n) is 3.65. The van der Waals surface area contributed by atoms with E-state index in [1.165, 1.54) is 36.8 Å². The summed E-state index contributed by atoms with van der Waals surface area (Å²) in [7, 11) is 0. The number of benzene rings is 1. The Kier molecular flexibility index (Phi) is 3.29. The SMILES string of the molecule is NC(c1ccc(OC(F)(F)F)cc1)c1ccoc1. The summed E-state index contributed by atoms with van der Waals surface area (Å²) in [5, 5.41) is 0. The van der Waals surface area contributed by atoms with E-state index in [0.717, 1.165) is 5.56 Å². The van der Waals surface area contributed by atoms with Crippen molar-refractivity contribution in [2.45, 2.75) is 12.4 Å². The predicted octanol–water partition coefficient (Wildman–Crippen LogP) is 3.23. The van der Waals surface area contributed by atoms with Gasteiger partial charge in [0.2, 0.25) is 0 Å². The molecular weight excluding hydrogens is 247 g/mol. The summed E-state index contributed by atoms with van der Waals surface area (Å²) in [5.74, 6) is -0.273. The van der Waals surface area contributed by atoms with Gasteiger partial charge in [0, 0.05) is 5.56 Å². The molecule has 2 N–H and O–H groups in total. The van der Waals surface area contributed by atoms with Gasteiger partial charge < -0.3 is 14.9 Å². The molecule has 0 aliphatic rings. The average Bonchev–Trinajstić information content (AvgIpc) is 2.80. The van der Waals surface area contributed by atoms with E-state index < -0.39 is 12.4 Å². The van der Waals surface area contributed by atoms with E-state index in [-0.39, 0.29) is 5.75 Å². The molecule has 0 saturated heterocycles. The van der Waals surface area contributed by atoms with Crippen LogP contribution in [-0.4, -0.2) is 6.36 Å². The molecular formula is C12H10F3NO2. The monoisotopic (exact) mass is 257 g/mol. The normalized spacial score (nSPS) is 13.3. The van der Waals surface area contributed by atoms with Crippen molar-refractivity contribution in [3.63, 3.8) is 0 Å². The Morgan fingerprint density at radius 3 is 2.22 bits per heavy atom. The van der Waals surface area contributed by atoms with Crippen molar-refractivity contribution in [3.05, 3.63) is 54.0 Å². The Hall–Kier alpha value is -1.95. The Bertz CT molecular complexity index is 491. The molecule has 1 aromatic heterocycles. The van der Waals surface area contributed by atoms with Crippen LogP contribution in [0.3, 0.4) is 0 Å². The third-order valence-corrected chi connectivity index (χ3v) is 2.38. The first-order valence-corrected chi connectivity index (χ1v) is 5.09. The molecule has 0 radical (unpaired) electrons. The van der Waals surface area contributed by atoms with Gasteiger partial charge in [-0.1, -0.05) is 12.1 Å². The molecule has 0 bridgehead atoms. The highest BCUT2D eigenvalue weighted by Gasteiger charge is 2.31. The maximum Gasteiger partial charge on any atom is 0.573 e. The minimum Gasteiger partial charge on any atom is -0.472 e. The molecule has 0 aliphatic heterocycles. The van der Waals surface area contributed by atoms with Crippen molar-refractivity contribution < 1.29 is 22.3 Å². The lowest BCUT2D eigenvalue weighted by molar-refractivity contribution is -0.274. The minimum atomic E-state index is -4.69. The molecule has 0 aliphatic carbocycles. The highest BCUT2D eigenvalue weighted by molar-refractivity contribution is 5.33. The number of halogens is 3. The number of rotatable bonds is 3. The number of nitrogens with two attached hydrogens (primary N) is 1. The summed E-state index contributed by atoms with van der Waals surface area (Å²) in [5.41, 5.74) is 7.34. The summed E-state index contributed by atoms with van der Waals surface area (Å²) < 4.78 is 44.6. The van der Waals surface area contributed by atoms with Crippen molar-refractivity contribution in [2.24, 2.45) is 5.73 Å². The van der Waals surface area contributed by atoms with Crippen molar-refractivity contribution in [2.75, 3.05) is 0 Å². The van der Waals surface area contributed by atoms with Crippen LogP contribution in [0.5, 0.6) is 5.75 Å². The summed E-state index contributed by atoms with van der Waals surface area (Å²) in [6.07, 6.45) is -1.71. The van der Waals surface area contributed by atoms with Crippen molar-refractivity contribution in [3.8, 4) is 5.75 Å². The Labute approximate surface area is 101 Å². The van der Waals surface area contributed by atoms with E-state index in [9.17, 15) is 13.2 Å². The Morgan fingerprint density at radius 2 is 1.72 bits per heavy atom. The summed E-state index contributed by atoms with van der Waals surface area (Å²) >= 11 is 0. The summed E-state index contributed by atoms with van der Waals surface area (Å²) in [6.45, 7) is 0. The van der Waals surface area contributed by atoms with E-state index in [0.29, 0.717) is 5.56 Å². The quantitative estimate of drug-likeness (QED) is 0.918. The largest absolute Gasteiger partial charge is 0.573 e. The van der Waals surface area contributed by atoms with Crippen LogP contribution in [-0.2, 0) is 0 Å². The smallest absolute Gasteiger partial charge is 0.472 e. The number of ether oxygens (including phenoxy) is 1. The zero-order chi connectivity index (χ0) is 13.2. The zero-order valence-corrected chi connectivity index (χ0v) is 9.15. The lowest BCUT2D eigenvalue weighted by Gasteiger charge is -2.12. The van der Waals surface area contributed by atoms with Gasteiger partial charge in [-0.25, -0.2) is 0 Å². The first kappa shape index (κ1) is 12.5. The van der Waals surface area contributed by atoms with Crippen LogP contribution < -0.4 is 10.5 Å². The lowest BCUT2D eigenvalue weighted by Crippen LogP contribution is -2.17. The molecule has 0 spiro atoms. The molecule has 1 aromatic carbocycles. The van der Waals surface area contributed by atoms with Crippen LogP contribution in [0.4, 0.5) is 13.2 Å². The number of alkyl halides is 3. The number of hydrogen-bond acceptors (Lipinski definition) is 3. The second-order valence-corrected chi connectivity index (χ2v) is 3.65. The maximum absolute atomic E-state index is 12.0. The van der Waals surface area contributed by atoms with Gasteiger partial charge in [-0.05, 0) is 23.8 Å². The fourth-order valence-electron chi connectivity index (χ4n) is 1.52. The lowest BCUT2D eigenvalue weighted by atomic mass is 10.0. The molecule has 3 nitrogen and oxygen atoms in total. The van der Waals surface area contributed by atoms with Crippen molar-refractivity contribution in [1.82, 2.24) is 0 Å². The number of hydrogen-bond donors (Lipinski definition) is 1. The van der Waals surface area contributed by atoms with Crippen LogP contribution in [0.25, 0.3) is 0 Å². The molecule has 18 heavy (non-hydrogen) atoms. The van der Waals surface area contributed by atoms with Gasteiger partial charge in [-0.3, -0.25) is 0 Å². The van der Waals surface area contributed by atoms with E-state index in [1.54, 1.807) is 6.07 Å². The van der Waals surface area contributed by atoms with Crippen LogP contribution in [0.15, 0.2) is 47.3 Å². The Balaban J connectivity index is 2.13. The summed E-state index contributed by atoms with van der Waals surface area (Å²) in [6, 6.07) is 6.68. The molecule has 0 fully saturated rings. The molecule has 1 atom stereocenters. The third-order valence-electron chi connectivity index (χ3n) is 2.38. The second kappa shape index (κ2) is 4.73. The average molecular weight is 257 g/mol. The van der Waals surface area contributed by atoms with Gasteiger partial charge in [-0.2, -0.15) is 0 Å². The Morgan fingerprint density at radius 1 is 1.06 bits per heavy atom. The fraction of sp³-hybridized carbons (Fsp3) is 0.167. The van der Waals surface area contributed by atoms with E-state index in [1.807, 2.05) is 0 Å². The fourth-order valence-corrected chi connectivity index (χ4v) is 1.52. The molecule has 2 aromatic rings. The maximum atomic E-state index is 12.0. The van der Waals surface area contributed by atoms with E-state index >= 15 is 0 Å². The molecule has 0 amide bonds. The minimum absolute atomic E-state index is 0.273. The first-order valence-electron chi connectivity index (χ1n) is 5.09. The van der Waals surface area contributed by atoms with Gasteiger partial charge in [0.05, 0.1) is 18.6 Å². The highest BCUT2D eigenvalue weighted by Crippen LogP contribution is 2.26. The zero-order valence-electron chi connectivity index (χ0n) is 9.15. The van der Waals surface area contributed by atoms with Crippen LogP contribution in [0.2, 0.25) is 0 Å². The van der Waals surface area contributed by atoms with Gasteiger partial charge >= 0.3 is 6.36 Å². The third kappa shape index (κ3) is 3.04. The van der Waals surface area contributed by atoms with Crippen LogP contribution in [0, 0.1) is 0 Å². The topological polar surface area (TPSA) is 48.4 Å². The van der Waals surface area contributed by atoms with Crippen LogP contribution in [0.1, 0.15) is 17.2 Å². The molecule has 1 unspecified atom stereocenters. The molecule has 1 heterocycles. The molecule has 96 valence electrons. The van der Waals surface area contributed by atoms with Crippen molar-refractivity contribution >= 4 is 0 Å². The molecule has 2 rings (SSSR count). The van der Waals surface area contributed by atoms with Crippen molar-refractivity contribution in [1.29, 1.82) is 0 Å². The summed E-state index contributed by atoms with van der Waals surface area (Å²) in [4.78, 5) is 0. The predicted molar refractivity (Wildman–Crippen MR) is 57.9 cm³/mol. The molecule has 0 saturated carbocycles. The van der Waals surface area contributed by atoms with Gasteiger partial charge in [0.25, 0.3) is 0 Å². The first-order chi connectivity index (χ1) is 8.46. The standard InChI is InChI=1S/C12H10F3NO2/c13-12(14,15)18-10-3-1-8(2-4-10)11(16)9-5-6-17-7-9/h1-7,11H,16H2. The highest BCUT2D eigenvalue weighted by atomic mass is 19.4. The number of furan rings is 1.